The van der Waals surface area contributed by atoms with Crippen LogP contribution in [0.25, 0.3) is 0 Å². The molecule has 0 aromatic rings. The predicted octanol–water partition coefficient (Wildman–Crippen LogP) is 7.80. The molecule has 2 bridgehead atoms. The number of allylic oxidation sites excluding steroid dienone is 4. The first-order valence-electron chi connectivity index (χ1n) is 9.75. The van der Waals surface area contributed by atoms with Gasteiger partial charge in [-0.15, -0.1) is 0 Å². The van der Waals surface area contributed by atoms with E-state index in [-0.39, 0.29) is 32.5 Å². The van der Waals surface area contributed by atoms with E-state index < -0.39 is 0 Å². The van der Waals surface area contributed by atoms with Crippen LogP contribution in [0.2, 0.25) is 0 Å². The zero-order valence-electron chi connectivity index (χ0n) is 19.0. The number of hydrogen-bond acceptors (Lipinski definition) is 0. The normalized spacial score (nSPS) is 39.8. The molecule has 0 aromatic heterocycles. The SMILES string of the molecule is CC1=C(C)C(C)(C)C2(C)C(C)(C)C(C)=C(C)C(C)(C1(C)C)C2(C)C. The second-order valence-corrected chi connectivity index (χ2v) is 11.2. The van der Waals surface area contributed by atoms with Crippen molar-refractivity contribution in [3.05, 3.63) is 22.3 Å². The molecule has 24 heavy (non-hydrogen) atoms. The Morgan fingerprint density at radius 3 is 1.08 bits per heavy atom. The molecule has 2 atom stereocenters. The van der Waals surface area contributed by atoms with E-state index in [1.807, 2.05) is 0 Å². The lowest BCUT2D eigenvalue weighted by Crippen LogP contribution is -2.66. The molecular weight excluding hydrogens is 288 g/mol. The maximum absolute atomic E-state index is 2.58. The van der Waals surface area contributed by atoms with Gasteiger partial charge >= 0.3 is 0 Å². The first-order chi connectivity index (χ1) is 10.4. The third kappa shape index (κ3) is 1.54. The highest BCUT2D eigenvalue weighted by Gasteiger charge is 2.73. The fourth-order valence-electron chi connectivity index (χ4n) is 7.47. The highest BCUT2D eigenvalue weighted by molar-refractivity contribution is 5.46. The number of rotatable bonds is 0. The average Bonchev–Trinajstić information content (AvgIpc) is 2.48. The van der Waals surface area contributed by atoms with E-state index in [9.17, 15) is 0 Å². The molecule has 0 saturated carbocycles. The van der Waals surface area contributed by atoms with Gasteiger partial charge in [-0.05, 0) is 54.8 Å². The van der Waals surface area contributed by atoms with Crippen LogP contribution in [0.15, 0.2) is 22.3 Å². The molecule has 0 heterocycles. The van der Waals surface area contributed by atoms with E-state index in [0.29, 0.717) is 0 Å². The molecule has 0 saturated heterocycles. The zero-order valence-corrected chi connectivity index (χ0v) is 19.0. The Morgan fingerprint density at radius 1 is 0.417 bits per heavy atom. The van der Waals surface area contributed by atoms with Crippen molar-refractivity contribution in [2.24, 2.45) is 32.5 Å². The van der Waals surface area contributed by atoms with E-state index in [4.69, 9.17) is 0 Å². The predicted molar refractivity (Wildman–Crippen MR) is 108 cm³/mol. The van der Waals surface area contributed by atoms with Gasteiger partial charge in [0.05, 0.1) is 0 Å². The van der Waals surface area contributed by atoms with Gasteiger partial charge in [-0.25, -0.2) is 0 Å². The van der Waals surface area contributed by atoms with Crippen LogP contribution < -0.4 is 0 Å². The molecule has 2 aliphatic carbocycles. The van der Waals surface area contributed by atoms with Crippen molar-refractivity contribution in [1.29, 1.82) is 0 Å². The van der Waals surface area contributed by atoms with E-state index >= 15 is 0 Å². The van der Waals surface area contributed by atoms with Crippen LogP contribution in [-0.4, -0.2) is 0 Å². The molecule has 2 aliphatic rings. The van der Waals surface area contributed by atoms with Gasteiger partial charge in [0.2, 0.25) is 0 Å². The monoisotopic (exact) mass is 330 g/mol. The summed E-state index contributed by atoms with van der Waals surface area (Å²) < 4.78 is 0. The van der Waals surface area contributed by atoms with Crippen molar-refractivity contribution >= 4 is 0 Å². The topological polar surface area (TPSA) is 0 Å². The zero-order chi connectivity index (χ0) is 19.3. The molecule has 0 radical (unpaired) electrons. The lowest BCUT2D eigenvalue weighted by molar-refractivity contribution is -0.177. The van der Waals surface area contributed by atoms with Crippen molar-refractivity contribution in [1.82, 2.24) is 0 Å². The molecular formula is C24H42. The first kappa shape index (κ1) is 19.8. The molecule has 0 spiro atoms. The smallest absolute Gasteiger partial charge is 0.00288 e. The molecule has 0 nitrogen and oxygen atoms in total. The summed E-state index contributed by atoms with van der Waals surface area (Å²) in [5, 5.41) is 0. The van der Waals surface area contributed by atoms with Gasteiger partial charge in [0.1, 0.15) is 0 Å². The summed E-state index contributed by atoms with van der Waals surface area (Å²) in [6, 6.07) is 0. The van der Waals surface area contributed by atoms with Crippen LogP contribution in [0.1, 0.15) is 96.9 Å². The van der Waals surface area contributed by atoms with Crippen LogP contribution in [0, 0.1) is 32.5 Å². The van der Waals surface area contributed by atoms with Crippen molar-refractivity contribution < 1.29 is 0 Å². The lowest BCUT2D eigenvalue weighted by atomic mass is 9.32. The highest BCUT2D eigenvalue weighted by atomic mass is 14.8. The summed E-state index contributed by atoms with van der Waals surface area (Å²) in [7, 11) is 0. The third-order valence-corrected chi connectivity index (χ3v) is 10.9. The minimum absolute atomic E-state index is 0.132. The largest absolute Gasteiger partial charge is 0.0676 e. The molecule has 0 amide bonds. The standard InChI is InChI=1S/C24H42/c1-15-16(2)20(7,8)24(14)21(9,10)17(3)18(4)23(13,19(15,5)6)22(24,11)12/h1-14H3. The average molecular weight is 331 g/mol. The van der Waals surface area contributed by atoms with Gasteiger partial charge in [0, 0.05) is 5.41 Å². The second-order valence-electron chi connectivity index (χ2n) is 11.2. The molecule has 0 aromatic carbocycles. The summed E-state index contributed by atoms with van der Waals surface area (Å²) >= 11 is 0. The molecule has 0 N–H and O–H groups in total. The molecule has 0 heteroatoms. The summed E-state index contributed by atoms with van der Waals surface area (Å²) in [6.07, 6.45) is 0. The Morgan fingerprint density at radius 2 is 0.708 bits per heavy atom. The van der Waals surface area contributed by atoms with Crippen LogP contribution in [0.4, 0.5) is 0 Å². The van der Waals surface area contributed by atoms with Gasteiger partial charge in [0.25, 0.3) is 0 Å². The van der Waals surface area contributed by atoms with E-state index in [1.54, 1.807) is 22.3 Å². The summed E-state index contributed by atoms with van der Waals surface area (Å²) in [6.45, 7) is 34.9. The van der Waals surface area contributed by atoms with Crippen molar-refractivity contribution in [2.45, 2.75) is 96.9 Å². The van der Waals surface area contributed by atoms with Gasteiger partial charge in [-0.3, -0.25) is 0 Å². The Balaban J connectivity index is 3.21. The molecule has 0 fully saturated rings. The minimum atomic E-state index is 0.132. The van der Waals surface area contributed by atoms with Gasteiger partial charge in [-0.2, -0.15) is 0 Å². The van der Waals surface area contributed by atoms with Gasteiger partial charge < -0.3 is 0 Å². The minimum Gasteiger partial charge on any atom is -0.0676 e. The van der Waals surface area contributed by atoms with E-state index in [0.717, 1.165) is 0 Å². The van der Waals surface area contributed by atoms with Gasteiger partial charge in [-0.1, -0.05) is 91.5 Å². The molecule has 2 rings (SSSR count). The maximum atomic E-state index is 2.58. The lowest BCUT2D eigenvalue weighted by Gasteiger charge is -2.72. The van der Waals surface area contributed by atoms with Crippen LogP contribution in [0.5, 0.6) is 0 Å². The second kappa shape index (κ2) is 4.60. The maximum Gasteiger partial charge on any atom is 0.00288 e. The summed E-state index contributed by atoms with van der Waals surface area (Å²) in [4.78, 5) is 0. The first-order valence-corrected chi connectivity index (χ1v) is 9.75. The van der Waals surface area contributed by atoms with Crippen molar-refractivity contribution in [3.8, 4) is 0 Å². The highest BCUT2D eigenvalue weighted by Crippen LogP contribution is 2.80. The molecule has 0 aliphatic heterocycles. The van der Waals surface area contributed by atoms with E-state index in [1.165, 1.54) is 0 Å². The Labute approximate surface area is 152 Å². The Bertz CT molecular complexity index is 648. The fraction of sp³-hybridized carbons (Fsp3) is 0.833. The molecule has 2 unspecified atom stereocenters. The van der Waals surface area contributed by atoms with E-state index in [2.05, 4.69) is 96.9 Å². The molecule has 138 valence electrons. The summed E-state index contributed by atoms with van der Waals surface area (Å²) in [5.74, 6) is 0. The number of fused-ring (bicyclic) bond motifs is 2. The van der Waals surface area contributed by atoms with Crippen LogP contribution in [-0.2, 0) is 0 Å². The summed E-state index contributed by atoms with van der Waals surface area (Å²) in [5.41, 5.74) is 7.31. The quantitative estimate of drug-likeness (QED) is 0.397. The Kier molecular flexibility index (Phi) is 3.80. The van der Waals surface area contributed by atoms with Gasteiger partial charge in [0.15, 0.2) is 0 Å². The van der Waals surface area contributed by atoms with Crippen LogP contribution in [0.3, 0.4) is 0 Å². The number of hydrogen-bond donors (Lipinski definition) is 0. The Hall–Kier alpha value is -0.520. The third-order valence-electron chi connectivity index (χ3n) is 10.9. The van der Waals surface area contributed by atoms with Crippen LogP contribution >= 0.6 is 0 Å². The fourth-order valence-corrected chi connectivity index (χ4v) is 7.47. The van der Waals surface area contributed by atoms with Crippen molar-refractivity contribution in [3.63, 3.8) is 0 Å². The van der Waals surface area contributed by atoms with Crippen molar-refractivity contribution in [2.75, 3.05) is 0 Å².